The number of ether oxygens (including phenoxy) is 1. The Labute approximate surface area is 145 Å². The van der Waals surface area contributed by atoms with Crippen LogP contribution in [0.4, 0.5) is 5.69 Å². The van der Waals surface area contributed by atoms with E-state index < -0.39 is 21.7 Å². The van der Waals surface area contributed by atoms with E-state index in [1.807, 2.05) is 0 Å². The van der Waals surface area contributed by atoms with E-state index in [9.17, 15) is 18.0 Å². The Morgan fingerprint density at radius 1 is 1.42 bits per heavy atom. The molecular formula is C15H19ClN2O5S. The van der Waals surface area contributed by atoms with Gasteiger partial charge >= 0.3 is 0 Å². The molecule has 1 aliphatic heterocycles. The molecular weight excluding hydrogens is 356 g/mol. The monoisotopic (exact) mass is 374 g/mol. The van der Waals surface area contributed by atoms with Crippen molar-refractivity contribution in [3.63, 3.8) is 0 Å². The van der Waals surface area contributed by atoms with Crippen molar-refractivity contribution in [2.45, 2.75) is 18.9 Å². The van der Waals surface area contributed by atoms with Gasteiger partial charge in [0.25, 0.3) is 0 Å². The van der Waals surface area contributed by atoms with Crippen LogP contribution in [0.3, 0.4) is 0 Å². The average Bonchev–Trinajstić information content (AvgIpc) is 2.86. The molecule has 1 heterocycles. The molecule has 0 aromatic heterocycles. The summed E-state index contributed by atoms with van der Waals surface area (Å²) in [7, 11) is -0.119. The number of methoxy groups -OCH3 is 1. The summed E-state index contributed by atoms with van der Waals surface area (Å²) in [6.07, 6.45) is 0.0109. The maximum atomic E-state index is 12.2. The number of nitrogens with zero attached hydrogens (tertiary/aromatic N) is 1. The number of hydrogen-bond acceptors (Lipinski definition) is 5. The normalized spacial score (nSPS) is 18.9. The molecule has 24 heavy (non-hydrogen) atoms. The second-order valence-electron chi connectivity index (χ2n) is 5.63. The van der Waals surface area contributed by atoms with Gasteiger partial charge in [0, 0.05) is 18.1 Å². The third-order valence-corrected chi connectivity index (χ3v) is 5.88. The molecule has 2 rings (SSSR count). The number of benzene rings is 1. The molecule has 0 aliphatic carbocycles. The molecule has 1 N–H and O–H groups in total. The molecule has 9 heteroatoms. The van der Waals surface area contributed by atoms with Gasteiger partial charge in [-0.25, -0.2) is 8.42 Å². The number of amides is 2. The molecule has 1 aromatic carbocycles. The molecule has 0 bridgehead atoms. The molecule has 0 spiro atoms. The van der Waals surface area contributed by atoms with Crippen LogP contribution in [0.2, 0.25) is 5.02 Å². The van der Waals surface area contributed by atoms with Crippen molar-refractivity contribution in [2.24, 2.45) is 0 Å². The topological polar surface area (TPSA) is 92.8 Å². The fraction of sp³-hybridized carbons (Fsp3) is 0.467. The second kappa shape index (κ2) is 7.40. The second-order valence-corrected chi connectivity index (χ2v) is 8.30. The Morgan fingerprint density at radius 2 is 2.12 bits per heavy atom. The van der Waals surface area contributed by atoms with Crippen molar-refractivity contribution in [3.05, 3.63) is 23.2 Å². The van der Waals surface area contributed by atoms with Crippen LogP contribution in [0.1, 0.15) is 12.8 Å². The Hall–Kier alpha value is -1.80. The van der Waals surface area contributed by atoms with Crippen LogP contribution in [0.25, 0.3) is 0 Å². The number of halogens is 1. The van der Waals surface area contributed by atoms with Gasteiger partial charge in [0.05, 0.1) is 24.3 Å². The van der Waals surface area contributed by atoms with E-state index >= 15 is 0 Å². The van der Waals surface area contributed by atoms with Crippen LogP contribution >= 0.6 is 11.6 Å². The zero-order valence-corrected chi connectivity index (χ0v) is 15.0. The zero-order chi connectivity index (χ0) is 17.9. The lowest BCUT2D eigenvalue weighted by Crippen LogP contribution is -2.39. The van der Waals surface area contributed by atoms with Crippen molar-refractivity contribution < 1.29 is 22.7 Å². The van der Waals surface area contributed by atoms with Crippen LogP contribution in [0.5, 0.6) is 5.75 Å². The molecule has 1 fully saturated rings. The van der Waals surface area contributed by atoms with Gasteiger partial charge in [0.1, 0.15) is 12.2 Å². The number of hydrogen-bond donors (Lipinski definition) is 1. The van der Waals surface area contributed by atoms with Crippen molar-refractivity contribution in [1.82, 2.24) is 4.90 Å². The number of carbonyl (C=O) groups is 2. The molecule has 1 aliphatic rings. The van der Waals surface area contributed by atoms with Crippen LogP contribution in [-0.2, 0) is 19.4 Å². The first kappa shape index (κ1) is 18.5. The minimum atomic E-state index is -3.09. The van der Waals surface area contributed by atoms with E-state index in [2.05, 4.69) is 5.32 Å². The third-order valence-electron chi connectivity index (χ3n) is 3.90. The quantitative estimate of drug-likeness (QED) is 0.785. The lowest BCUT2D eigenvalue weighted by molar-refractivity contribution is -0.134. The minimum Gasteiger partial charge on any atom is -0.495 e. The lowest BCUT2D eigenvalue weighted by Gasteiger charge is -2.23. The fourth-order valence-corrected chi connectivity index (χ4v) is 4.47. The number of carbonyl (C=O) groups excluding carboxylic acids is 2. The highest BCUT2D eigenvalue weighted by Crippen LogP contribution is 2.27. The van der Waals surface area contributed by atoms with E-state index in [0.29, 0.717) is 22.9 Å². The highest BCUT2D eigenvalue weighted by atomic mass is 35.5. The summed E-state index contributed by atoms with van der Waals surface area (Å²) < 4.78 is 28.1. The number of nitrogens with one attached hydrogen (secondary N) is 1. The highest BCUT2D eigenvalue weighted by molar-refractivity contribution is 7.91. The maximum absolute atomic E-state index is 12.2. The molecule has 0 saturated carbocycles. The van der Waals surface area contributed by atoms with Gasteiger partial charge < -0.3 is 15.0 Å². The maximum Gasteiger partial charge on any atom is 0.233 e. The molecule has 7 nitrogen and oxygen atoms in total. The molecule has 0 radical (unpaired) electrons. The number of anilines is 1. The number of rotatable bonds is 5. The van der Waals surface area contributed by atoms with Crippen molar-refractivity contribution in [3.8, 4) is 5.75 Å². The van der Waals surface area contributed by atoms with Gasteiger partial charge in [-0.3, -0.25) is 9.59 Å². The smallest absolute Gasteiger partial charge is 0.233 e. The predicted octanol–water partition coefficient (Wildman–Crippen LogP) is 1.32. The van der Waals surface area contributed by atoms with Gasteiger partial charge in [0.15, 0.2) is 9.84 Å². The van der Waals surface area contributed by atoms with E-state index in [1.165, 1.54) is 25.1 Å². The number of sulfone groups is 1. The van der Waals surface area contributed by atoms with Crippen molar-refractivity contribution >= 4 is 38.9 Å². The van der Waals surface area contributed by atoms with Crippen molar-refractivity contribution in [2.75, 3.05) is 31.0 Å². The summed E-state index contributed by atoms with van der Waals surface area (Å²) in [5, 5.41) is 3.00. The largest absolute Gasteiger partial charge is 0.495 e. The molecule has 1 aromatic rings. The van der Waals surface area contributed by atoms with Crippen molar-refractivity contribution in [1.29, 1.82) is 0 Å². The van der Waals surface area contributed by atoms with Crippen LogP contribution in [0, 0.1) is 0 Å². The first-order chi connectivity index (χ1) is 11.2. The van der Waals surface area contributed by atoms with E-state index in [1.54, 1.807) is 12.1 Å². The SMILES string of the molecule is COc1ccc(Cl)cc1NC(=O)CC(=O)N(C)C1CCS(=O)(=O)C1. The van der Waals surface area contributed by atoms with Crippen LogP contribution < -0.4 is 10.1 Å². The van der Waals surface area contributed by atoms with E-state index in [4.69, 9.17) is 16.3 Å². The standard InChI is InChI=1S/C15H19ClN2O5S/c1-18(11-5-6-24(21,22)9-11)15(20)8-14(19)17-12-7-10(16)3-4-13(12)23-2/h3-4,7,11H,5-6,8-9H2,1-2H3,(H,17,19). The van der Waals surface area contributed by atoms with Gasteiger partial charge in [-0.15, -0.1) is 0 Å². The zero-order valence-electron chi connectivity index (χ0n) is 13.4. The summed E-state index contributed by atoms with van der Waals surface area (Å²) in [6, 6.07) is 4.37. The highest BCUT2D eigenvalue weighted by Gasteiger charge is 2.33. The summed E-state index contributed by atoms with van der Waals surface area (Å²) in [5.74, 6) is -0.514. The Kier molecular flexibility index (Phi) is 5.71. The summed E-state index contributed by atoms with van der Waals surface area (Å²) in [4.78, 5) is 25.6. The van der Waals surface area contributed by atoms with Gasteiger partial charge in [-0.2, -0.15) is 0 Å². The molecule has 132 valence electrons. The third kappa shape index (κ3) is 4.61. The average molecular weight is 375 g/mol. The van der Waals surface area contributed by atoms with Gasteiger partial charge in [0.2, 0.25) is 11.8 Å². The summed E-state index contributed by atoms with van der Waals surface area (Å²) >= 11 is 5.89. The molecule has 1 unspecified atom stereocenters. The first-order valence-electron chi connectivity index (χ1n) is 7.31. The van der Waals surface area contributed by atoms with E-state index in [0.717, 1.165) is 0 Å². The Balaban J connectivity index is 1.97. The van der Waals surface area contributed by atoms with E-state index in [-0.39, 0.29) is 24.0 Å². The van der Waals surface area contributed by atoms with Crippen LogP contribution in [-0.4, -0.2) is 56.8 Å². The Bertz CT molecular complexity index is 750. The first-order valence-corrected chi connectivity index (χ1v) is 9.51. The van der Waals surface area contributed by atoms with Gasteiger partial charge in [-0.05, 0) is 24.6 Å². The fourth-order valence-electron chi connectivity index (χ4n) is 2.52. The molecule has 1 saturated heterocycles. The minimum absolute atomic E-state index is 0.0566. The van der Waals surface area contributed by atoms with Crippen LogP contribution in [0.15, 0.2) is 18.2 Å². The lowest BCUT2D eigenvalue weighted by atomic mass is 10.2. The summed E-state index contributed by atoms with van der Waals surface area (Å²) in [5.41, 5.74) is 0.369. The Morgan fingerprint density at radius 3 is 2.71 bits per heavy atom. The predicted molar refractivity (Wildman–Crippen MR) is 91.1 cm³/mol. The van der Waals surface area contributed by atoms with Gasteiger partial charge in [-0.1, -0.05) is 11.6 Å². The summed E-state index contributed by atoms with van der Waals surface area (Å²) in [6.45, 7) is 0. The molecule has 2 amide bonds. The molecule has 1 atom stereocenters.